The fourth-order valence-electron chi connectivity index (χ4n) is 4.58. The maximum Gasteiger partial charge on any atom is 0.335 e. The number of fused-ring (bicyclic) bond motifs is 3. The van der Waals surface area contributed by atoms with E-state index in [9.17, 15) is 14.7 Å². The molecule has 166 valence electrons. The summed E-state index contributed by atoms with van der Waals surface area (Å²) in [5.41, 5.74) is 4.37. The first-order valence-electron chi connectivity index (χ1n) is 12.2. The number of ketones is 1. The minimum absolute atomic E-state index is 0.0513. The van der Waals surface area contributed by atoms with Crippen molar-refractivity contribution >= 4 is 11.8 Å². The molecule has 3 rings (SSSR count). The molecule has 0 aromatic heterocycles. The van der Waals surface area contributed by atoms with Crippen molar-refractivity contribution in [3.8, 4) is 11.1 Å². The van der Waals surface area contributed by atoms with Crippen molar-refractivity contribution in [2.24, 2.45) is 0 Å². The van der Waals surface area contributed by atoms with Gasteiger partial charge in [-0.2, -0.15) is 0 Å². The van der Waals surface area contributed by atoms with Gasteiger partial charge in [0.1, 0.15) is 0 Å². The van der Waals surface area contributed by atoms with Gasteiger partial charge in [-0.15, -0.1) is 0 Å². The van der Waals surface area contributed by atoms with Crippen LogP contribution < -0.4 is 0 Å². The molecule has 1 aliphatic carbocycles. The SMILES string of the molecule is CCCCCCCCCCCCCCc1ccc2c(c1)C(=O)c1cc(C(=O)O)ccc1-2. The van der Waals surface area contributed by atoms with E-state index in [-0.39, 0.29) is 11.3 Å². The quantitative estimate of drug-likeness (QED) is 0.270. The van der Waals surface area contributed by atoms with Crippen molar-refractivity contribution in [3.05, 3.63) is 58.7 Å². The normalized spacial score (nSPS) is 12.1. The minimum atomic E-state index is -1.00. The number of carboxylic acids is 1. The summed E-state index contributed by atoms with van der Waals surface area (Å²) in [6.07, 6.45) is 17.1. The van der Waals surface area contributed by atoms with E-state index in [1.807, 2.05) is 12.1 Å². The molecular weight excluding hydrogens is 384 g/mol. The van der Waals surface area contributed by atoms with E-state index >= 15 is 0 Å². The van der Waals surface area contributed by atoms with E-state index < -0.39 is 5.97 Å². The summed E-state index contributed by atoms with van der Waals surface area (Å²) in [7, 11) is 0. The van der Waals surface area contributed by atoms with E-state index in [1.165, 1.54) is 82.3 Å². The van der Waals surface area contributed by atoms with Gasteiger partial charge in [-0.05, 0) is 47.7 Å². The maximum atomic E-state index is 12.8. The summed E-state index contributed by atoms with van der Waals surface area (Å²) in [6.45, 7) is 2.27. The fourth-order valence-corrected chi connectivity index (χ4v) is 4.58. The van der Waals surface area contributed by atoms with Crippen LogP contribution in [0.25, 0.3) is 11.1 Å². The Morgan fingerprint density at radius 2 is 1.19 bits per heavy atom. The molecule has 0 saturated carbocycles. The highest BCUT2D eigenvalue weighted by molar-refractivity contribution is 6.22. The van der Waals surface area contributed by atoms with E-state index in [4.69, 9.17) is 0 Å². The molecule has 0 radical (unpaired) electrons. The van der Waals surface area contributed by atoms with Crippen LogP contribution in [0.3, 0.4) is 0 Å². The number of aryl methyl sites for hydroxylation is 1. The number of hydrogen-bond acceptors (Lipinski definition) is 2. The lowest BCUT2D eigenvalue weighted by atomic mass is 9.99. The van der Waals surface area contributed by atoms with Gasteiger partial charge in [-0.3, -0.25) is 4.79 Å². The second kappa shape index (κ2) is 11.8. The molecule has 2 aromatic carbocycles. The lowest BCUT2D eigenvalue weighted by molar-refractivity contribution is 0.0697. The molecule has 0 amide bonds. The van der Waals surface area contributed by atoms with E-state index in [0.717, 1.165) is 24.0 Å². The highest BCUT2D eigenvalue weighted by Gasteiger charge is 2.27. The molecule has 31 heavy (non-hydrogen) atoms. The van der Waals surface area contributed by atoms with Crippen molar-refractivity contribution in [2.75, 3.05) is 0 Å². The minimum Gasteiger partial charge on any atom is -0.478 e. The van der Waals surface area contributed by atoms with E-state index in [1.54, 1.807) is 12.1 Å². The Balaban J connectivity index is 1.38. The maximum absolute atomic E-state index is 12.8. The molecule has 0 bridgehead atoms. The van der Waals surface area contributed by atoms with Crippen molar-refractivity contribution in [3.63, 3.8) is 0 Å². The Morgan fingerprint density at radius 3 is 1.77 bits per heavy atom. The van der Waals surface area contributed by atoms with Gasteiger partial charge in [0.05, 0.1) is 5.56 Å². The Labute approximate surface area is 186 Å². The van der Waals surface area contributed by atoms with Gasteiger partial charge in [0.25, 0.3) is 0 Å². The zero-order valence-electron chi connectivity index (χ0n) is 18.9. The summed E-state index contributed by atoms with van der Waals surface area (Å²) in [5.74, 6) is -1.05. The van der Waals surface area contributed by atoms with Crippen LogP contribution in [0.4, 0.5) is 0 Å². The third-order valence-corrected chi connectivity index (χ3v) is 6.45. The molecule has 0 saturated heterocycles. The number of rotatable bonds is 14. The summed E-state index contributed by atoms with van der Waals surface area (Å²) in [4.78, 5) is 24.0. The van der Waals surface area contributed by atoms with Gasteiger partial charge in [0, 0.05) is 11.1 Å². The largest absolute Gasteiger partial charge is 0.478 e. The van der Waals surface area contributed by atoms with Crippen LogP contribution in [0.5, 0.6) is 0 Å². The Bertz CT molecular complexity index is 897. The van der Waals surface area contributed by atoms with Crippen LogP contribution in [0.1, 0.15) is 116 Å². The van der Waals surface area contributed by atoms with Crippen molar-refractivity contribution in [2.45, 2.75) is 90.4 Å². The summed E-state index contributed by atoms with van der Waals surface area (Å²) < 4.78 is 0. The van der Waals surface area contributed by atoms with Crippen molar-refractivity contribution in [1.82, 2.24) is 0 Å². The molecule has 0 spiro atoms. The molecule has 0 atom stereocenters. The smallest absolute Gasteiger partial charge is 0.335 e. The third-order valence-electron chi connectivity index (χ3n) is 6.45. The van der Waals surface area contributed by atoms with Crippen molar-refractivity contribution < 1.29 is 14.7 Å². The van der Waals surface area contributed by atoms with Gasteiger partial charge >= 0.3 is 5.97 Å². The number of aromatic carboxylic acids is 1. The van der Waals surface area contributed by atoms with Crippen LogP contribution >= 0.6 is 0 Å². The molecule has 0 fully saturated rings. The van der Waals surface area contributed by atoms with Gasteiger partial charge < -0.3 is 5.11 Å². The zero-order chi connectivity index (χ0) is 22.1. The topological polar surface area (TPSA) is 54.4 Å². The molecule has 0 unspecified atom stereocenters. The number of unbranched alkanes of at least 4 members (excludes halogenated alkanes) is 11. The molecule has 0 heterocycles. The van der Waals surface area contributed by atoms with Crippen LogP contribution in [-0.2, 0) is 6.42 Å². The first kappa shape index (κ1) is 23.2. The van der Waals surface area contributed by atoms with Crippen LogP contribution in [0.2, 0.25) is 0 Å². The monoisotopic (exact) mass is 420 g/mol. The van der Waals surface area contributed by atoms with E-state index in [2.05, 4.69) is 13.0 Å². The molecular formula is C28H36O3. The second-order valence-electron chi connectivity index (χ2n) is 8.91. The predicted molar refractivity (Wildman–Crippen MR) is 127 cm³/mol. The first-order valence-corrected chi connectivity index (χ1v) is 12.2. The van der Waals surface area contributed by atoms with Crippen molar-refractivity contribution in [1.29, 1.82) is 0 Å². The number of benzene rings is 2. The molecule has 1 aliphatic rings. The first-order chi connectivity index (χ1) is 15.1. The summed E-state index contributed by atoms with van der Waals surface area (Å²) in [5, 5.41) is 9.19. The molecule has 3 nitrogen and oxygen atoms in total. The molecule has 2 aromatic rings. The lowest BCUT2D eigenvalue weighted by Gasteiger charge is -2.06. The lowest BCUT2D eigenvalue weighted by Crippen LogP contribution is -2.00. The number of hydrogen-bond donors (Lipinski definition) is 1. The number of carbonyl (C=O) groups is 2. The second-order valence-corrected chi connectivity index (χ2v) is 8.91. The highest BCUT2D eigenvalue weighted by Crippen LogP contribution is 2.37. The molecule has 3 heteroatoms. The zero-order valence-corrected chi connectivity index (χ0v) is 18.9. The molecule has 0 aliphatic heterocycles. The van der Waals surface area contributed by atoms with Gasteiger partial charge in [-0.25, -0.2) is 4.79 Å². The van der Waals surface area contributed by atoms with E-state index in [0.29, 0.717) is 11.1 Å². The average Bonchev–Trinajstić information content (AvgIpc) is 3.05. The van der Waals surface area contributed by atoms with Gasteiger partial charge in [0.2, 0.25) is 0 Å². The number of carboxylic acid groups (broad SMARTS) is 1. The van der Waals surface area contributed by atoms with Crippen LogP contribution in [0.15, 0.2) is 36.4 Å². The summed E-state index contributed by atoms with van der Waals surface area (Å²) >= 11 is 0. The third kappa shape index (κ3) is 6.29. The van der Waals surface area contributed by atoms with Crippen LogP contribution in [-0.4, -0.2) is 16.9 Å². The predicted octanol–water partition coefficient (Wildman–Crippen LogP) is 7.84. The number of carbonyl (C=O) groups excluding carboxylic acids is 1. The van der Waals surface area contributed by atoms with Crippen LogP contribution in [0, 0.1) is 0 Å². The Kier molecular flexibility index (Phi) is 8.87. The molecule has 1 N–H and O–H groups in total. The van der Waals surface area contributed by atoms with Gasteiger partial charge in [0.15, 0.2) is 5.78 Å². The Morgan fingerprint density at radius 1 is 0.677 bits per heavy atom. The van der Waals surface area contributed by atoms with Gasteiger partial charge in [-0.1, -0.05) is 95.8 Å². The highest BCUT2D eigenvalue weighted by atomic mass is 16.4. The average molecular weight is 421 g/mol. The Hall–Kier alpha value is -2.42. The summed E-state index contributed by atoms with van der Waals surface area (Å²) in [6, 6.07) is 11.0. The standard InChI is InChI=1S/C28H36O3/c1-2-3-4-5-6-7-8-9-10-11-12-13-14-21-15-17-23-24-18-16-22(28(30)31)20-26(24)27(29)25(23)19-21/h15-20H,2-14H2,1H3,(H,30,31). The fraction of sp³-hybridized carbons (Fsp3) is 0.500.